The van der Waals surface area contributed by atoms with E-state index in [-0.39, 0.29) is 18.8 Å². The lowest BCUT2D eigenvalue weighted by Gasteiger charge is -2.27. The van der Waals surface area contributed by atoms with Crippen LogP contribution in [0.2, 0.25) is 0 Å². The molecule has 0 saturated heterocycles. The summed E-state index contributed by atoms with van der Waals surface area (Å²) in [6, 6.07) is -4.13. The molecule has 0 fully saturated rings. The van der Waals surface area contributed by atoms with Gasteiger partial charge in [0.05, 0.1) is 18.7 Å². The fraction of sp³-hybridized carbons (Fsp3) is 0.524. The van der Waals surface area contributed by atoms with Gasteiger partial charge in [-0.15, -0.1) is 0 Å². The number of hydrogen-bond acceptors (Lipinski definition) is 7. The Bertz CT molecular complexity index is 947. The normalized spacial score (nSPS) is 15.4. The first-order valence-corrected chi connectivity index (χ1v) is 11.0. The fourth-order valence-electron chi connectivity index (χ4n) is 3.15. The van der Waals surface area contributed by atoms with Crippen LogP contribution in [0.4, 0.5) is 0 Å². The zero-order valence-corrected chi connectivity index (χ0v) is 19.4. The summed E-state index contributed by atoms with van der Waals surface area (Å²) in [7, 11) is 0. The van der Waals surface area contributed by atoms with Crippen LogP contribution in [0.1, 0.15) is 38.6 Å². The SMILES string of the molecule is CCC(C)C(NC(=O)C(N)Cc1cnc[nH]1)C(=O)NC(Cc1cnc[nH]1)C(=O)NC(C)C(=O)O. The first-order chi connectivity index (χ1) is 16.1. The van der Waals surface area contributed by atoms with Crippen LogP contribution in [-0.4, -0.2) is 72.9 Å². The highest BCUT2D eigenvalue weighted by Gasteiger charge is 2.32. The maximum absolute atomic E-state index is 13.2. The molecule has 0 aliphatic carbocycles. The molecule has 2 heterocycles. The monoisotopic (exact) mass is 476 g/mol. The summed E-state index contributed by atoms with van der Waals surface area (Å²) in [5, 5.41) is 16.8. The number of H-pyrrole nitrogens is 2. The minimum absolute atomic E-state index is 0.0461. The lowest BCUT2D eigenvalue weighted by atomic mass is 9.97. The van der Waals surface area contributed by atoms with Gasteiger partial charge in [-0.2, -0.15) is 0 Å². The Hall–Kier alpha value is -3.74. The van der Waals surface area contributed by atoms with E-state index in [0.29, 0.717) is 17.8 Å². The van der Waals surface area contributed by atoms with Gasteiger partial charge in [0.2, 0.25) is 17.7 Å². The highest BCUT2D eigenvalue weighted by atomic mass is 16.4. The molecule has 2 aromatic rings. The van der Waals surface area contributed by atoms with Gasteiger partial charge < -0.3 is 36.8 Å². The third-order valence-corrected chi connectivity index (χ3v) is 5.47. The number of amides is 3. The van der Waals surface area contributed by atoms with Gasteiger partial charge in [-0.3, -0.25) is 19.2 Å². The van der Waals surface area contributed by atoms with E-state index in [0.717, 1.165) is 0 Å². The van der Waals surface area contributed by atoms with Gasteiger partial charge >= 0.3 is 5.97 Å². The number of aromatic amines is 2. The third-order valence-electron chi connectivity index (χ3n) is 5.47. The number of carboxylic acid groups (broad SMARTS) is 1. The second kappa shape index (κ2) is 12.5. The first kappa shape index (κ1) is 26.5. The Morgan fingerprint density at radius 1 is 0.941 bits per heavy atom. The van der Waals surface area contributed by atoms with Crippen molar-refractivity contribution in [1.82, 2.24) is 35.9 Å². The van der Waals surface area contributed by atoms with Crippen LogP contribution in [0.5, 0.6) is 0 Å². The van der Waals surface area contributed by atoms with Gasteiger partial charge in [-0.1, -0.05) is 20.3 Å². The van der Waals surface area contributed by atoms with Crippen LogP contribution in [0.15, 0.2) is 25.0 Å². The second-order valence-electron chi connectivity index (χ2n) is 8.17. The van der Waals surface area contributed by atoms with Crippen LogP contribution < -0.4 is 21.7 Å². The van der Waals surface area contributed by atoms with E-state index in [4.69, 9.17) is 10.8 Å². The highest BCUT2D eigenvalue weighted by Crippen LogP contribution is 2.10. The molecule has 186 valence electrons. The molecule has 5 unspecified atom stereocenters. The Morgan fingerprint density at radius 2 is 1.53 bits per heavy atom. The molecule has 0 radical (unpaired) electrons. The molecule has 8 N–H and O–H groups in total. The van der Waals surface area contributed by atoms with Gasteiger partial charge in [0.25, 0.3) is 0 Å². The van der Waals surface area contributed by atoms with Gasteiger partial charge in [0.1, 0.15) is 18.1 Å². The van der Waals surface area contributed by atoms with E-state index < -0.39 is 47.9 Å². The van der Waals surface area contributed by atoms with Crippen LogP contribution >= 0.6 is 0 Å². The van der Waals surface area contributed by atoms with Crippen molar-refractivity contribution in [3.05, 3.63) is 36.4 Å². The topological polar surface area (TPSA) is 208 Å². The van der Waals surface area contributed by atoms with Gasteiger partial charge in [-0.25, -0.2) is 9.97 Å². The Kier molecular flexibility index (Phi) is 9.74. The molecule has 0 bridgehead atoms. The average Bonchev–Trinajstić information content (AvgIpc) is 3.50. The predicted octanol–water partition coefficient (Wildman–Crippen LogP) is -1.15. The summed E-state index contributed by atoms with van der Waals surface area (Å²) in [5.74, 6) is -3.26. The number of rotatable bonds is 13. The first-order valence-electron chi connectivity index (χ1n) is 11.0. The molecule has 0 spiro atoms. The van der Waals surface area contributed by atoms with E-state index in [1.165, 1.54) is 25.8 Å². The van der Waals surface area contributed by atoms with E-state index in [1.807, 2.05) is 6.92 Å². The smallest absolute Gasteiger partial charge is 0.325 e. The molecule has 0 saturated carbocycles. The number of nitrogens with zero attached hydrogens (tertiary/aromatic N) is 2. The lowest BCUT2D eigenvalue weighted by Crippen LogP contribution is -2.59. The summed E-state index contributed by atoms with van der Waals surface area (Å²) in [6.07, 6.45) is 6.78. The van der Waals surface area contributed by atoms with Crippen molar-refractivity contribution in [3.63, 3.8) is 0 Å². The van der Waals surface area contributed by atoms with E-state index in [2.05, 4.69) is 35.9 Å². The van der Waals surface area contributed by atoms with Crippen molar-refractivity contribution in [1.29, 1.82) is 0 Å². The Balaban J connectivity index is 2.13. The molecule has 0 aromatic carbocycles. The standard InChI is InChI=1S/C21H32N8O5/c1-4-11(2)17(29-18(30)15(22)5-13-7-23-9-25-13)20(32)28-16(6-14-8-24-10-26-14)19(31)27-12(3)21(33)34/h7-12,15-17H,4-6,22H2,1-3H3,(H,23,25)(H,24,26)(H,27,31)(H,28,32)(H,29,30)(H,33,34). The van der Waals surface area contributed by atoms with Gasteiger partial charge in [0, 0.05) is 36.6 Å². The van der Waals surface area contributed by atoms with Crippen molar-refractivity contribution in [2.45, 2.75) is 64.2 Å². The van der Waals surface area contributed by atoms with Crippen molar-refractivity contribution in [3.8, 4) is 0 Å². The lowest BCUT2D eigenvalue weighted by molar-refractivity contribution is -0.141. The number of nitrogens with one attached hydrogen (secondary N) is 5. The molecule has 13 heteroatoms. The molecule has 2 rings (SSSR count). The molecule has 34 heavy (non-hydrogen) atoms. The number of imidazole rings is 2. The zero-order valence-electron chi connectivity index (χ0n) is 19.4. The van der Waals surface area contributed by atoms with E-state index >= 15 is 0 Å². The molecule has 5 atom stereocenters. The number of aromatic nitrogens is 4. The summed E-state index contributed by atoms with van der Waals surface area (Å²) in [5.41, 5.74) is 7.24. The minimum Gasteiger partial charge on any atom is -0.480 e. The summed E-state index contributed by atoms with van der Waals surface area (Å²) in [6.45, 7) is 4.98. The second-order valence-corrected chi connectivity index (χ2v) is 8.17. The molecule has 0 aliphatic heterocycles. The number of carboxylic acids is 1. The fourth-order valence-corrected chi connectivity index (χ4v) is 3.15. The van der Waals surface area contributed by atoms with E-state index in [9.17, 15) is 19.2 Å². The number of carbonyl (C=O) groups excluding carboxylic acids is 3. The molecule has 3 amide bonds. The van der Waals surface area contributed by atoms with E-state index in [1.54, 1.807) is 13.1 Å². The maximum Gasteiger partial charge on any atom is 0.325 e. The van der Waals surface area contributed by atoms with Crippen LogP contribution in [0.3, 0.4) is 0 Å². The molecular weight excluding hydrogens is 444 g/mol. The van der Waals surface area contributed by atoms with Crippen molar-refractivity contribution >= 4 is 23.7 Å². The van der Waals surface area contributed by atoms with Crippen LogP contribution in [0.25, 0.3) is 0 Å². The quantitative estimate of drug-likeness (QED) is 0.187. The summed E-state index contributed by atoms with van der Waals surface area (Å²) >= 11 is 0. The Labute approximate surface area is 196 Å². The summed E-state index contributed by atoms with van der Waals surface area (Å²) in [4.78, 5) is 63.3. The van der Waals surface area contributed by atoms with Crippen molar-refractivity contribution in [2.24, 2.45) is 11.7 Å². The predicted molar refractivity (Wildman–Crippen MR) is 121 cm³/mol. The van der Waals surface area contributed by atoms with Crippen molar-refractivity contribution < 1.29 is 24.3 Å². The third kappa shape index (κ3) is 7.69. The molecule has 13 nitrogen and oxygen atoms in total. The molecule has 2 aromatic heterocycles. The largest absolute Gasteiger partial charge is 0.480 e. The van der Waals surface area contributed by atoms with Crippen LogP contribution in [0, 0.1) is 5.92 Å². The Morgan fingerprint density at radius 3 is 2.03 bits per heavy atom. The van der Waals surface area contributed by atoms with Gasteiger partial charge in [-0.05, 0) is 12.8 Å². The van der Waals surface area contributed by atoms with Crippen molar-refractivity contribution in [2.75, 3.05) is 0 Å². The minimum atomic E-state index is -1.21. The average molecular weight is 477 g/mol. The summed E-state index contributed by atoms with van der Waals surface area (Å²) < 4.78 is 0. The van der Waals surface area contributed by atoms with Gasteiger partial charge in [0.15, 0.2) is 0 Å². The molecule has 0 aliphatic rings. The maximum atomic E-state index is 13.2. The number of hydrogen-bond donors (Lipinski definition) is 7. The number of carbonyl (C=O) groups is 4. The zero-order chi connectivity index (χ0) is 25.3. The highest BCUT2D eigenvalue weighted by molar-refractivity contribution is 5.94. The number of nitrogens with two attached hydrogens (primary N) is 1. The number of aliphatic carboxylic acids is 1. The molecular formula is C21H32N8O5. The van der Waals surface area contributed by atoms with Crippen LogP contribution in [-0.2, 0) is 32.0 Å².